The first-order chi connectivity index (χ1) is 26.0. The van der Waals surface area contributed by atoms with Crippen molar-refractivity contribution in [3.05, 3.63) is 179 Å². The molecule has 0 spiro atoms. The van der Waals surface area contributed by atoms with Crippen LogP contribution in [0.3, 0.4) is 0 Å². The fraction of sp³-hybridized carbons (Fsp3) is 0.0943. The fourth-order valence-electron chi connectivity index (χ4n) is 10.2. The second-order valence-corrected chi connectivity index (χ2v) is 16.0. The molecule has 12 rings (SSSR count). The standard InChI is InChI=1S/C53H36/c1-53(2)47-29-38(37-10-5-11-39(28-37)41-22-16-35-14-12-31-6-3-8-33-18-26-45(41)51(35)49(31)33)20-24-43(47)44-25-21-40(30-48(44)53)42-23-17-36-15-13-32-7-4-9-34-19-27-46(42)52(36)50(32)34/h3-5,7-13,15-30H,6,14H2,1-2H3. The van der Waals surface area contributed by atoms with Crippen LogP contribution in [0.2, 0.25) is 0 Å². The minimum atomic E-state index is -0.128. The highest BCUT2D eigenvalue weighted by Crippen LogP contribution is 2.52. The van der Waals surface area contributed by atoms with Crippen LogP contribution in [0.25, 0.3) is 99.2 Å². The predicted octanol–water partition coefficient (Wildman–Crippen LogP) is 14.4. The molecule has 0 aromatic heterocycles. The summed E-state index contributed by atoms with van der Waals surface area (Å²) in [4.78, 5) is 0. The molecule has 0 saturated carbocycles. The summed E-state index contributed by atoms with van der Waals surface area (Å²) >= 11 is 0. The maximum Gasteiger partial charge on any atom is 0.0159 e. The number of hydrogen-bond acceptors (Lipinski definition) is 0. The van der Waals surface area contributed by atoms with Crippen molar-refractivity contribution in [2.45, 2.75) is 32.1 Å². The van der Waals surface area contributed by atoms with Gasteiger partial charge in [0.05, 0.1) is 0 Å². The van der Waals surface area contributed by atoms with Gasteiger partial charge in [-0.2, -0.15) is 0 Å². The van der Waals surface area contributed by atoms with E-state index < -0.39 is 0 Å². The normalized spacial score (nSPS) is 15.0. The van der Waals surface area contributed by atoms with Gasteiger partial charge in [-0.05, 0) is 152 Å². The number of hydrogen-bond donors (Lipinski definition) is 0. The third kappa shape index (κ3) is 4.01. The van der Waals surface area contributed by atoms with Gasteiger partial charge in [-0.3, -0.25) is 0 Å². The van der Waals surface area contributed by atoms with E-state index in [4.69, 9.17) is 0 Å². The molecule has 0 saturated heterocycles. The van der Waals surface area contributed by atoms with Gasteiger partial charge in [0.15, 0.2) is 0 Å². The van der Waals surface area contributed by atoms with Crippen LogP contribution in [0.5, 0.6) is 0 Å². The Kier molecular flexibility index (Phi) is 5.77. The molecule has 9 aromatic rings. The molecule has 0 amide bonds. The first kappa shape index (κ1) is 29.3. The maximum atomic E-state index is 2.47. The Morgan fingerprint density at radius 3 is 1.87 bits per heavy atom. The molecule has 0 radical (unpaired) electrons. The van der Waals surface area contributed by atoms with E-state index in [0.717, 1.165) is 12.8 Å². The molecule has 0 heteroatoms. The summed E-state index contributed by atoms with van der Waals surface area (Å²) in [5.41, 5.74) is 18.8. The molecule has 0 N–H and O–H groups in total. The van der Waals surface area contributed by atoms with Crippen molar-refractivity contribution in [3.63, 3.8) is 0 Å². The van der Waals surface area contributed by atoms with Gasteiger partial charge in [-0.25, -0.2) is 0 Å². The zero-order valence-corrected chi connectivity index (χ0v) is 29.9. The van der Waals surface area contributed by atoms with Crippen molar-refractivity contribution >= 4 is 54.7 Å². The lowest BCUT2D eigenvalue weighted by atomic mass is 9.79. The van der Waals surface area contributed by atoms with Gasteiger partial charge in [-0.1, -0.05) is 153 Å². The summed E-state index contributed by atoms with van der Waals surface area (Å²) in [5.74, 6) is 0. The van der Waals surface area contributed by atoms with Gasteiger partial charge >= 0.3 is 0 Å². The van der Waals surface area contributed by atoms with E-state index in [1.807, 2.05) is 0 Å². The van der Waals surface area contributed by atoms with E-state index in [0.29, 0.717) is 0 Å². The Bertz CT molecular complexity index is 3110. The van der Waals surface area contributed by atoms with Crippen molar-refractivity contribution in [2.24, 2.45) is 0 Å². The molecule has 0 heterocycles. The van der Waals surface area contributed by atoms with Gasteiger partial charge in [0.25, 0.3) is 0 Å². The molecule has 9 aromatic carbocycles. The molecule has 0 aliphatic heterocycles. The molecule has 0 fully saturated rings. The van der Waals surface area contributed by atoms with Gasteiger partial charge in [-0.15, -0.1) is 0 Å². The molecular weight excluding hydrogens is 637 g/mol. The first-order valence-corrected chi connectivity index (χ1v) is 19.0. The summed E-state index contributed by atoms with van der Waals surface area (Å²) in [6.45, 7) is 4.81. The van der Waals surface area contributed by atoms with Crippen LogP contribution in [-0.4, -0.2) is 0 Å². The van der Waals surface area contributed by atoms with Crippen LogP contribution in [0, 0.1) is 0 Å². The van der Waals surface area contributed by atoms with E-state index in [1.54, 1.807) is 0 Å². The molecule has 248 valence electrons. The van der Waals surface area contributed by atoms with Gasteiger partial charge in [0, 0.05) is 5.41 Å². The fourth-order valence-corrected chi connectivity index (χ4v) is 10.2. The average molecular weight is 673 g/mol. The van der Waals surface area contributed by atoms with Crippen molar-refractivity contribution in [2.75, 3.05) is 0 Å². The van der Waals surface area contributed by atoms with E-state index in [1.165, 1.54) is 121 Å². The molecule has 0 atom stereocenters. The van der Waals surface area contributed by atoms with Crippen LogP contribution < -0.4 is 0 Å². The van der Waals surface area contributed by atoms with E-state index in [9.17, 15) is 0 Å². The van der Waals surface area contributed by atoms with Gasteiger partial charge in [0.2, 0.25) is 0 Å². The van der Waals surface area contributed by atoms with Crippen LogP contribution >= 0.6 is 0 Å². The highest BCUT2D eigenvalue weighted by atomic mass is 14.4. The summed E-state index contributed by atoms with van der Waals surface area (Å²) in [5, 5.41) is 10.8. The Morgan fingerprint density at radius 2 is 1.04 bits per heavy atom. The Hall–Kier alpha value is -6.24. The summed E-state index contributed by atoms with van der Waals surface area (Å²) in [6.07, 6.45) is 9.10. The second-order valence-electron chi connectivity index (χ2n) is 16.0. The third-order valence-electron chi connectivity index (χ3n) is 12.8. The average Bonchev–Trinajstić information content (AvgIpc) is 3.43. The lowest BCUT2D eigenvalue weighted by Crippen LogP contribution is -2.15. The molecule has 0 nitrogen and oxygen atoms in total. The number of allylic oxidation sites excluding steroid dienone is 3. The van der Waals surface area contributed by atoms with Crippen molar-refractivity contribution in [1.82, 2.24) is 0 Å². The molecule has 0 bridgehead atoms. The molecule has 53 heavy (non-hydrogen) atoms. The number of rotatable bonds is 3. The minimum absolute atomic E-state index is 0.128. The van der Waals surface area contributed by atoms with Gasteiger partial charge in [0.1, 0.15) is 0 Å². The van der Waals surface area contributed by atoms with Crippen LogP contribution in [0.1, 0.15) is 48.1 Å². The molecule has 3 aliphatic rings. The van der Waals surface area contributed by atoms with Crippen molar-refractivity contribution < 1.29 is 0 Å². The highest BCUT2D eigenvalue weighted by molar-refractivity contribution is 6.25. The Balaban J connectivity index is 0.946. The monoisotopic (exact) mass is 672 g/mol. The van der Waals surface area contributed by atoms with Crippen LogP contribution in [0.15, 0.2) is 152 Å². The third-order valence-corrected chi connectivity index (χ3v) is 12.8. The van der Waals surface area contributed by atoms with Crippen LogP contribution in [0.4, 0.5) is 0 Å². The molecule has 0 unspecified atom stereocenters. The highest BCUT2D eigenvalue weighted by Gasteiger charge is 2.36. The largest absolute Gasteiger partial charge is 0.0795 e. The zero-order valence-electron chi connectivity index (χ0n) is 29.9. The van der Waals surface area contributed by atoms with Crippen molar-refractivity contribution in [1.29, 1.82) is 0 Å². The van der Waals surface area contributed by atoms with E-state index in [2.05, 4.69) is 172 Å². The van der Waals surface area contributed by atoms with E-state index >= 15 is 0 Å². The van der Waals surface area contributed by atoms with Crippen LogP contribution in [-0.2, 0) is 11.8 Å². The van der Waals surface area contributed by atoms with Gasteiger partial charge < -0.3 is 0 Å². The number of benzene rings is 9. The second kappa shape index (κ2) is 10.4. The minimum Gasteiger partial charge on any atom is -0.0795 e. The summed E-state index contributed by atoms with van der Waals surface area (Å²) in [6, 6.07) is 53.4. The topological polar surface area (TPSA) is 0 Å². The lowest BCUT2D eigenvalue weighted by Gasteiger charge is -2.24. The Morgan fingerprint density at radius 1 is 0.453 bits per heavy atom. The number of fused-ring (bicyclic) bond motifs is 3. The summed E-state index contributed by atoms with van der Waals surface area (Å²) in [7, 11) is 0. The quantitative estimate of drug-likeness (QED) is 0.164. The Labute approximate surface area is 309 Å². The maximum absolute atomic E-state index is 2.47. The smallest absolute Gasteiger partial charge is 0.0159 e. The SMILES string of the molecule is CC1(C)c2cc(-c3cccc(-c4ccc5c6c7c(ccc46)C=CCC7=CC5)c3)ccc2-c2ccc(-c3ccc4ccc5cccc6ccc3c4c56)cc21. The predicted molar refractivity (Wildman–Crippen MR) is 227 cm³/mol. The zero-order chi connectivity index (χ0) is 35.0. The van der Waals surface area contributed by atoms with E-state index in [-0.39, 0.29) is 5.41 Å². The lowest BCUT2D eigenvalue weighted by molar-refractivity contribution is 0.661. The molecule has 3 aliphatic carbocycles. The first-order valence-electron chi connectivity index (χ1n) is 19.0. The van der Waals surface area contributed by atoms with Crippen molar-refractivity contribution in [3.8, 4) is 44.5 Å². The summed E-state index contributed by atoms with van der Waals surface area (Å²) < 4.78 is 0. The molecular formula is C53H36.